The van der Waals surface area contributed by atoms with Crippen LogP contribution in [-0.4, -0.2) is 17.1 Å². The fraction of sp³-hybridized carbons (Fsp3) is 0.0833. The highest BCUT2D eigenvalue weighted by Gasteiger charge is 2.11. The minimum Gasteiger partial charge on any atom is -0.493 e. The van der Waals surface area contributed by atoms with Gasteiger partial charge in [-0.3, -0.25) is 4.79 Å². The number of hydrogen-bond acceptors (Lipinski definition) is 4. The average molecular weight is 453 g/mol. The van der Waals surface area contributed by atoms with Crippen LogP contribution in [0.4, 0.5) is 0 Å². The molecule has 5 nitrogen and oxygen atoms in total. The fourth-order valence-corrected chi connectivity index (χ4v) is 3.58. The van der Waals surface area contributed by atoms with Crippen molar-refractivity contribution >= 4 is 46.3 Å². The summed E-state index contributed by atoms with van der Waals surface area (Å²) in [7, 11) is 1.58. The normalized spacial score (nSPS) is 11.2. The first-order valence-corrected chi connectivity index (χ1v) is 10.2. The van der Waals surface area contributed by atoms with Crippen molar-refractivity contribution in [2.75, 3.05) is 7.11 Å². The fourth-order valence-electron chi connectivity index (χ4n) is 3.12. The Labute approximate surface area is 188 Å². The molecule has 1 aromatic heterocycles. The van der Waals surface area contributed by atoms with Gasteiger partial charge in [0.1, 0.15) is 12.4 Å². The number of benzene rings is 3. The molecule has 156 valence electrons. The number of para-hydroxylation sites is 2. The maximum absolute atomic E-state index is 12.3. The smallest absolute Gasteiger partial charge is 0.259 e. The lowest BCUT2D eigenvalue weighted by Crippen LogP contribution is -2.09. The predicted molar refractivity (Wildman–Crippen MR) is 125 cm³/mol. The Hall–Kier alpha value is -3.28. The molecule has 4 aromatic rings. The minimum atomic E-state index is -0.190. The van der Waals surface area contributed by atoms with Gasteiger partial charge < -0.3 is 14.5 Å². The summed E-state index contributed by atoms with van der Waals surface area (Å²) < 4.78 is 11.5. The molecule has 0 aliphatic heterocycles. The highest BCUT2D eigenvalue weighted by Crippen LogP contribution is 2.34. The number of nitrogens with one attached hydrogen (secondary N) is 1. The monoisotopic (exact) mass is 452 g/mol. The number of H-pyrrole nitrogens is 1. The van der Waals surface area contributed by atoms with E-state index in [1.807, 2.05) is 42.5 Å². The molecule has 0 bridgehead atoms. The van der Waals surface area contributed by atoms with Gasteiger partial charge in [-0.05, 0) is 42.5 Å². The molecule has 3 aromatic carbocycles. The molecule has 1 N–H and O–H groups in total. The number of aromatic nitrogens is 2. The molecule has 0 saturated carbocycles. The third kappa shape index (κ3) is 4.74. The van der Waals surface area contributed by atoms with Crippen molar-refractivity contribution in [1.82, 2.24) is 9.97 Å². The molecule has 31 heavy (non-hydrogen) atoms. The second kappa shape index (κ2) is 9.25. The van der Waals surface area contributed by atoms with Crippen molar-refractivity contribution < 1.29 is 9.47 Å². The maximum Gasteiger partial charge on any atom is 0.259 e. The molecule has 0 saturated heterocycles. The van der Waals surface area contributed by atoms with Crippen LogP contribution in [0.2, 0.25) is 10.0 Å². The maximum atomic E-state index is 12.3. The van der Waals surface area contributed by atoms with E-state index >= 15 is 0 Å². The molecule has 1 heterocycles. The van der Waals surface area contributed by atoms with Gasteiger partial charge in [0, 0.05) is 21.2 Å². The third-order valence-corrected chi connectivity index (χ3v) is 5.26. The number of halogens is 2. The Morgan fingerprint density at radius 1 is 1.03 bits per heavy atom. The summed E-state index contributed by atoms with van der Waals surface area (Å²) in [6, 6.07) is 18.0. The lowest BCUT2D eigenvalue weighted by molar-refractivity contribution is 0.284. The first kappa shape index (κ1) is 21.0. The van der Waals surface area contributed by atoms with Crippen LogP contribution in [0.1, 0.15) is 17.0 Å². The van der Waals surface area contributed by atoms with E-state index in [0.29, 0.717) is 38.3 Å². The van der Waals surface area contributed by atoms with Gasteiger partial charge in [0.05, 0.1) is 18.0 Å². The summed E-state index contributed by atoms with van der Waals surface area (Å²) in [5.41, 5.74) is 2.00. The SMILES string of the molecule is COc1cccc(/C=C/c2nc3ccccc3c(=O)[nH]2)c1OCc1ccc(Cl)cc1Cl. The van der Waals surface area contributed by atoms with Crippen molar-refractivity contribution in [3.8, 4) is 11.5 Å². The zero-order valence-electron chi connectivity index (χ0n) is 16.6. The van der Waals surface area contributed by atoms with E-state index in [9.17, 15) is 4.79 Å². The Balaban J connectivity index is 1.65. The van der Waals surface area contributed by atoms with Crippen LogP contribution in [0.3, 0.4) is 0 Å². The highest BCUT2D eigenvalue weighted by atomic mass is 35.5. The summed E-state index contributed by atoms with van der Waals surface area (Å²) in [5, 5.41) is 1.63. The van der Waals surface area contributed by atoms with Crippen LogP contribution >= 0.6 is 23.2 Å². The molecule has 0 radical (unpaired) electrons. The number of hydrogen-bond donors (Lipinski definition) is 1. The number of methoxy groups -OCH3 is 1. The van der Waals surface area contributed by atoms with E-state index < -0.39 is 0 Å². The number of nitrogens with zero attached hydrogens (tertiary/aromatic N) is 1. The first-order valence-electron chi connectivity index (χ1n) is 9.46. The molecule has 0 atom stereocenters. The second-order valence-corrected chi connectivity index (χ2v) is 7.55. The Bertz CT molecular complexity index is 1330. The standard InChI is InChI=1S/C24H18Cl2N2O3/c1-30-21-8-4-5-15(23(21)31-14-16-9-11-17(25)13-19(16)26)10-12-22-27-20-7-3-2-6-18(20)24(29)28-22/h2-13H,14H2,1H3,(H,27,28,29)/b12-10+. The minimum absolute atomic E-state index is 0.190. The molecule has 0 aliphatic carbocycles. The van der Waals surface area contributed by atoms with Crippen LogP contribution in [0.5, 0.6) is 11.5 Å². The molecule has 7 heteroatoms. The van der Waals surface area contributed by atoms with Crippen LogP contribution < -0.4 is 15.0 Å². The molecule has 0 amide bonds. The number of aromatic amines is 1. The van der Waals surface area contributed by atoms with E-state index in [-0.39, 0.29) is 12.2 Å². The molecular formula is C24H18Cl2N2O3. The van der Waals surface area contributed by atoms with Gasteiger partial charge in [0.2, 0.25) is 0 Å². The number of fused-ring (bicyclic) bond motifs is 1. The van der Waals surface area contributed by atoms with E-state index in [2.05, 4.69) is 9.97 Å². The van der Waals surface area contributed by atoms with Crippen molar-refractivity contribution in [2.45, 2.75) is 6.61 Å². The summed E-state index contributed by atoms with van der Waals surface area (Å²) in [5.74, 6) is 1.57. The lowest BCUT2D eigenvalue weighted by atomic mass is 10.1. The molecule has 0 unspecified atom stereocenters. The average Bonchev–Trinajstić information content (AvgIpc) is 2.77. The predicted octanol–water partition coefficient (Wildman–Crippen LogP) is 5.99. The summed E-state index contributed by atoms with van der Waals surface area (Å²) in [6.45, 7) is 0.238. The molecule has 4 rings (SSSR count). The Morgan fingerprint density at radius 2 is 1.87 bits per heavy atom. The van der Waals surface area contributed by atoms with Crippen LogP contribution in [0, 0.1) is 0 Å². The van der Waals surface area contributed by atoms with Crippen LogP contribution in [-0.2, 0) is 6.61 Å². The van der Waals surface area contributed by atoms with Crippen LogP contribution in [0.25, 0.3) is 23.1 Å². The van der Waals surface area contributed by atoms with Gasteiger partial charge in [0.15, 0.2) is 11.5 Å². The van der Waals surface area contributed by atoms with Gasteiger partial charge in [-0.25, -0.2) is 4.98 Å². The first-order chi connectivity index (χ1) is 15.0. The van der Waals surface area contributed by atoms with Gasteiger partial charge in [-0.15, -0.1) is 0 Å². The molecule has 0 spiro atoms. The van der Waals surface area contributed by atoms with Gasteiger partial charge in [0.25, 0.3) is 5.56 Å². The molecule has 0 aliphatic rings. The second-order valence-electron chi connectivity index (χ2n) is 6.70. The Kier molecular flexibility index (Phi) is 6.26. The topological polar surface area (TPSA) is 64.2 Å². The van der Waals surface area contributed by atoms with Crippen molar-refractivity contribution in [2.24, 2.45) is 0 Å². The summed E-state index contributed by atoms with van der Waals surface area (Å²) in [6.07, 6.45) is 3.54. The zero-order valence-corrected chi connectivity index (χ0v) is 18.1. The van der Waals surface area contributed by atoms with Gasteiger partial charge >= 0.3 is 0 Å². The largest absolute Gasteiger partial charge is 0.493 e. The molecular weight excluding hydrogens is 435 g/mol. The summed E-state index contributed by atoms with van der Waals surface area (Å²) >= 11 is 12.2. The van der Waals surface area contributed by atoms with E-state index in [1.54, 1.807) is 37.5 Å². The quantitative estimate of drug-likeness (QED) is 0.390. The number of ether oxygens (including phenoxy) is 2. The third-order valence-electron chi connectivity index (χ3n) is 4.67. The van der Waals surface area contributed by atoms with Crippen molar-refractivity contribution in [1.29, 1.82) is 0 Å². The van der Waals surface area contributed by atoms with E-state index in [1.165, 1.54) is 0 Å². The highest BCUT2D eigenvalue weighted by molar-refractivity contribution is 6.35. The molecule has 0 fully saturated rings. The lowest BCUT2D eigenvalue weighted by Gasteiger charge is -2.14. The Morgan fingerprint density at radius 3 is 2.68 bits per heavy atom. The number of rotatable bonds is 6. The van der Waals surface area contributed by atoms with Crippen LogP contribution in [0.15, 0.2) is 65.5 Å². The van der Waals surface area contributed by atoms with Gasteiger partial charge in [-0.1, -0.05) is 53.5 Å². The van der Waals surface area contributed by atoms with E-state index in [0.717, 1.165) is 11.1 Å². The summed E-state index contributed by atoms with van der Waals surface area (Å²) in [4.78, 5) is 19.6. The van der Waals surface area contributed by atoms with E-state index in [4.69, 9.17) is 32.7 Å². The van der Waals surface area contributed by atoms with Crippen molar-refractivity contribution in [3.63, 3.8) is 0 Å². The van der Waals surface area contributed by atoms with Gasteiger partial charge in [-0.2, -0.15) is 0 Å². The van der Waals surface area contributed by atoms with Crippen molar-refractivity contribution in [3.05, 3.63) is 98.0 Å². The zero-order chi connectivity index (χ0) is 21.8.